The van der Waals surface area contributed by atoms with Crippen LogP contribution in [0, 0.1) is 0 Å². The lowest BCUT2D eigenvalue weighted by Crippen LogP contribution is -2.20. The van der Waals surface area contributed by atoms with Crippen molar-refractivity contribution in [2.24, 2.45) is 4.40 Å². The molecular formula is C11H15BrN2OS. The highest BCUT2D eigenvalue weighted by Crippen LogP contribution is 2.15. The molecule has 0 aliphatic rings. The molecule has 1 atom stereocenters. The molecule has 1 heterocycles. The van der Waals surface area contributed by atoms with Crippen molar-refractivity contribution in [2.75, 3.05) is 0 Å². The van der Waals surface area contributed by atoms with Crippen LogP contribution in [0.1, 0.15) is 33.3 Å². The lowest BCUT2D eigenvalue weighted by atomic mass is 10.2. The summed E-state index contributed by atoms with van der Waals surface area (Å²) >= 11 is 3.34. The quantitative estimate of drug-likeness (QED) is 0.788. The zero-order valence-electron chi connectivity index (χ0n) is 9.82. The van der Waals surface area contributed by atoms with E-state index in [4.69, 9.17) is 0 Å². The van der Waals surface area contributed by atoms with Gasteiger partial charge in [-0.15, -0.1) is 0 Å². The second-order valence-corrected chi connectivity index (χ2v) is 7.25. The van der Waals surface area contributed by atoms with Crippen molar-refractivity contribution in [3.05, 3.63) is 28.5 Å². The Balaban J connectivity index is 2.99. The average molecular weight is 303 g/mol. The second-order valence-electron chi connectivity index (χ2n) is 4.43. The molecule has 0 bridgehead atoms. The number of hydrogen-bond donors (Lipinski definition) is 0. The minimum absolute atomic E-state index is 0.333. The smallest absolute Gasteiger partial charge is 0.145 e. The van der Waals surface area contributed by atoms with Gasteiger partial charge in [0.25, 0.3) is 0 Å². The summed E-state index contributed by atoms with van der Waals surface area (Å²) in [5, 5.41) is 0. The normalized spacial score (nSPS) is 14.9. The third-order valence-electron chi connectivity index (χ3n) is 1.87. The molecule has 1 aromatic heterocycles. The number of rotatable bonds is 2. The SMILES string of the molecule is C/C(=N/S(=O)C(C)(C)C)c1cncc(Br)c1. The van der Waals surface area contributed by atoms with Gasteiger partial charge in [-0.1, -0.05) is 0 Å². The fraction of sp³-hybridized carbons (Fsp3) is 0.455. The van der Waals surface area contributed by atoms with E-state index in [1.165, 1.54) is 0 Å². The molecule has 0 spiro atoms. The molecule has 88 valence electrons. The third kappa shape index (κ3) is 3.79. The first-order chi connectivity index (χ1) is 7.30. The Labute approximate surface area is 107 Å². The minimum Gasteiger partial charge on any atom is -0.263 e. The molecule has 1 aromatic rings. The Bertz CT molecular complexity index is 438. The van der Waals surface area contributed by atoms with Crippen molar-refractivity contribution in [1.29, 1.82) is 0 Å². The van der Waals surface area contributed by atoms with Crippen molar-refractivity contribution in [3.8, 4) is 0 Å². The average Bonchev–Trinajstić information content (AvgIpc) is 2.16. The number of nitrogens with zero attached hydrogens (tertiary/aromatic N) is 2. The molecule has 0 amide bonds. The van der Waals surface area contributed by atoms with E-state index >= 15 is 0 Å². The molecule has 3 nitrogen and oxygen atoms in total. The van der Waals surface area contributed by atoms with E-state index in [1.54, 1.807) is 12.4 Å². The van der Waals surface area contributed by atoms with Crippen LogP contribution in [0.25, 0.3) is 0 Å². The molecule has 0 saturated heterocycles. The largest absolute Gasteiger partial charge is 0.263 e. The van der Waals surface area contributed by atoms with Gasteiger partial charge < -0.3 is 0 Å². The molecule has 0 fully saturated rings. The Kier molecular flexibility index (Phi) is 4.38. The molecule has 1 unspecified atom stereocenters. The Morgan fingerprint density at radius 2 is 2.06 bits per heavy atom. The summed E-state index contributed by atoms with van der Waals surface area (Å²) in [6.07, 6.45) is 3.42. The van der Waals surface area contributed by atoms with E-state index in [0.29, 0.717) is 0 Å². The van der Waals surface area contributed by atoms with Gasteiger partial charge in [-0.05, 0) is 49.7 Å². The predicted octanol–water partition coefficient (Wildman–Crippen LogP) is 3.12. The van der Waals surface area contributed by atoms with Gasteiger partial charge >= 0.3 is 0 Å². The van der Waals surface area contributed by atoms with Crippen molar-refractivity contribution in [2.45, 2.75) is 32.4 Å². The van der Waals surface area contributed by atoms with E-state index < -0.39 is 11.0 Å². The molecule has 0 N–H and O–H groups in total. The fourth-order valence-corrected chi connectivity index (χ4v) is 1.92. The Morgan fingerprint density at radius 1 is 1.44 bits per heavy atom. The van der Waals surface area contributed by atoms with Crippen molar-refractivity contribution >= 4 is 32.6 Å². The van der Waals surface area contributed by atoms with Crippen LogP contribution in [0.2, 0.25) is 0 Å². The molecule has 0 saturated carbocycles. The van der Waals surface area contributed by atoms with E-state index in [9.17, 15) is 4.21 Å². The maximum absolute atomic E-state index is 11.8. The van der Waals surface area contributed by atoms with Gasteiger partial charge in [0.2, 0.25) is 0 Å². The first-order valence-corrected chi connectivity index (χ1v) is 6.79. The fourth-order valence-electron chi connectivity index (χ4n) is 0.924. The van der Waals surface area contributed by atoms with Crippen LogP contribution in [0.3, 0.4) is 0 Å². The van der Waals surface area contributed by atoms with Crippen LogP contribution in [0.15, 0.2) is 27.3 Å². The van der Waals surface area contributed by atoms with E-state index in [1.807, 2.05) is 33.8 Å². The first kappa shape index (κ1) is 13.5. The molecule has 1 rings (SSSR count). The molecule has 5 heteroatoms. The first-order valence-electron chi connectivity index (χ1n) is 4.89. The molecule has 0 aromatic carbocycles. The van der Waals surface area contributed by atoms with Crippen LogP contribution in [0.4, 0.5) is 0 Å². The van der Waals surface area contributed by atoms with Crippen LogP contribution in [-0.4, -0.2) is 19.7 Å². The zero-order chi connectivity index (χ0) is 12.3. The highest BCUT2D eigenvalue weighted by molar-refractivity contribution is 9.10. The molecule has 16 heavy (non-hydrogen) atoms. The van der Waals surface area contributed by atoms with Crippen molar-refractivity contribution < 1.29 is 4.21 Å². The molecule has 0 aliphatic heterocycles. The Hall–Kier alpha value is -0.550. The number of aromatic nitrogens is 1. The van der Waals surface area contributed by atoms with Gasteiger partial charge in [-0.3, -0.25) is 4.98 Å². The standard InChI is InChI=1S/C11H15BrN2OS/c1-8(14-16(15)11(2,3)4)9-5-10(12)7-13-6-9/h5-7H,1-4H3/b14-8-. The van der Waals surface area contributed by atoms with Gasteiger partial charge in [0.05, 0.1) is 10.5 Å². The van der Waals surface area contributed by atoms with Gasteiger partial charge in [-0.2, -0.15) is 4.40 Å². The van der Waals surface area contributed by atoms with E-state index in [2.05, 4.69) is 25.3 Å². The van der Waals surface area contributed by atoms with Crippen LogP contribution in [0.5, 0.6) is 0 Å². The van der Waals surface area contributed by atoms with Crippen LogP contribution < -0.4 is 0 Å². The summed E-state index contributed by atoms with van der Waals surface area (Å²) in [7, 11) is -1.23. The summed E-state index contributed by atoms with van der Waals surface area (Å²) in [5.74, 6) is 0. The van der Waals surface area contributed by atoms with E-state index in [-0.39, 0.29) is 4.75 Å². The second kappa shape index (κ2) is 5.19. The summed E-state index contributed by atoms with van der Waals surface area (Å²) < 4.78 is 16.6. The summed E-state index contributed by atoms with van der Waals surface area (Å²) in [6, 6.07) is 1.91. The third-order valence-corrected chi connectivity index (χ3v) is 3.79. The monoisotopic (exact) mass is 302 g/mol. The van der Waals surface area contributed by atoms with Gasteiger partial charge in [0.15, 0.2) is 0 Å². The lowest BCUT2D eigenvalue weighted by Gasteiger charge is -2.14. The summed E-state index contributed by atoms with van der Waals surface area (Å²) in [6.45, 7) is 7.55. The van der Waals surface area contributed by atoms with Crippen LogP contribution >= 0.6 is 15.9 Å². The molecule has 0 aliphatic carbocycles. The molecule has 0 radical (unpaired) electrons. The highest BCUT2D eigenvalue weighted by Gasteiger charge is 2.19. The molecular weight excluding hydrogens is 288 g/mol. The number of pyridine rings is 1. The summed E-state index contributed by atoms with van der Waals surface area (Å²) in [4.78, 5) is 4.05. The maximum atomic E-state index is 11.8. The predicted molar refractivity (Wildman–Crippen MR) is 72.0 cm³/mol. The van der Waals surface area contributed by atoms with Gasteiger partial charge in [0, 0.05) is 22.4 Å². The van der Waals surface area contributed by atoms with Gasteiger partial charge in [0.1, 0.15) is 11.0 Å². The number of halogens is 1. The van der Waals surface area contributed by atoms with Crippen LogP contribution in [-0.2, 0) is 11.0 Å². The lowest BCUT2D eigenvalue weighted by molar-refractivity contribution is 0.650. The van der Waals surface area contributed by atoms with E-state index in [0.717, 1.165) is 15.7 Å². The van der Waals surface area contributed by atoms with Crippen molar-refractivity contribution in [3.63, 3.8) is 0 Å². The zero-order valence-corrected chi connectivity index (χ0v) is 12.2. The summed E-state index contributed by atoms with van der Waals surface area (Å²) in [5.41, 5.74) is 1.62. The Morgan fingerprint density at radius 3 is 2.56 bits per heavy atom. The van der Waals surface area contributed by atoms with Gasteiger partial charge in [-0.25, -0.2) is 4.21 Å². The maximum Gasteiger partial charge on any atom is 0.145 e. The minimum atomic E-state index is -1.23. The highest BCUT2D eigenvalue weighted by atomic mass is 79.9. The topological polar surface area (TPSA) is 42.3 Å². The van der Waals surface area contributed by atoms with Crippen molar-refractivity contribution in [1.82, 2.24) is 4.98 Å². The number of hydrogen-bond acceptors (Lipinski definition) is 2.